The highest BCUT2D eigenvalue weighted by Gasteiger charge is 2.21. The van der Waals surface area contributed by atoms with E-state index in [2.05, 4.69) is 20.9 Å². The monoisotopic (exact) mass is 487 g/mol. The van der Waals surface area contributed by atoms with Gasteiger partial charge < -0.3 is 19.3 Å². The smallest absolute Gasteiger partial charge is 0.333 e. The molecule has 0 spiro atoms. The summed E-state index contributed by atoms with van der Waals surface area (Å²) in [6, 6.07) is 15.2. The number of carboxylic acid groups (broad SMARTS) is 1. The normalized spacial score (nSPS) is 12.2. The van der Waals surface area contributed by atoms with Crippen molar-refractivity contribution in [1.29, 1.82) is 0 Å². The highest BCUT2D eigenvalue weighted by molar-refractivity contribution is 9.10. The summed E-state index contributed by atoms with van der Waals surface area (Å²) in [5.41, 5.74) is 2.39. The molecule has 0 aliphatic rings. The van der Waals surface area contributed by atoms with Crippen LogP contribution in [0.25, 0.3) is 10.9 Å². The van der Waals surface area contributed by atoms with Crippen LogP contribution < -0.4 is 9.47 Å². The molecule has 2 aromatic carbocycles. The topological polar surface area (TPSA) is 77.9 Å². The van der Waals surface area contributed by atoms with Crippen LogP contribution in [0, 0.1) is 0 Å². The summed E-state index contributed by atoms with van der Waals surface area (Å²) in [7, 11) is 0. The standard InChI is InChI=1S/C24H26BrNO5/c1-4-29-21(24(27)28)13-16-9-5-8-12-20(16)30-14-18-22(31-15(2)3)17-10-6-7-11-19(17)26-23(18)25/h5-12,15,21H,4,13-14H2,1-3H3,(H,27,28). The van der Waals surface area contributed by atoms with E-state index in [1.807, 2.05) is 62.4 Å². The summed E-state index contributed by atoms with van der Waals surface area (Å²) in [6.07, 6.45) is -0.735. The molecule has 1 atom stereocenters. The number of fused-ring (bicyclic) bond motifs is 1. The Hall–Kier alpha value is -2.64. The predicted molar refractivity (Wildman–Crippen MR) is 123 cm³/mol. The molecule has 31 heavy (non-hydrogen) atoms. The Morgan fingerprint density at radius 2 is 1.84 bits per heavy atom. The SMILES string of the molecule is CCOC(Cc1ccccc1OCc1c(Br)nc2ccccc2c1OC(C)C)C(=O)O. The van der Waals surface area contributed by atoms with Crippen molar-refractivity contribution in [2.24, 2.45) is 0 Å². The summed E-state index contributed by atoms with van der Waals surface area (Å²) in [5.74, 6) is 0.331. The zero-order chi connectivity index (χ0) is 22.4. The highest BCUT2D eigenvalue weighted by Crippen LogP contribution is 2.35. The minimum absolute atomic E-state index is 0.0220. The molecule has 1 unspecified atom stereocenters. The molecule has 0 bridgehead atoms. The van der Waals surface area contributed by atoms with E-state index in [9.17, 15) is 9.90 Å². The van der Waals surface area contributed by atoms with Crippen LogP contribution in [0.3, 0.4) is 0 Å². The van der Waals surface area contributed by atoms with E-state index >= 15 is 0 Å². The first-order valence-electron chi connectivity index (χ1n) is 10.2. The Balaban J connectivity index is 1.91. The largest absolute Gasteiger partial charge is 0.490 e. The average Bonchev–Trinajstić information content (AvgIpc) is 2.73. The first kappa shape index (κ1) is 23.0. The number of nitrogens with zero attached hydrogens (tertiary/aromatic N) is 1. The fourth-order valence-electron chi connectivity index (χ4n) is 3.27. The van der Waals surface area contributed by atoms with Crippen LogP contribution in [-0.2, 0) is 22.6 Å². The van der Waals surface area contributed by atoms with E-state index < -0.39 is 12.1 Å². The Morgan fingerprint density at radius 3 is 2.55 bits per heavy atom. The maximum absolute atomic E-state index is 11.5. The van der Waals surface area contributed by atoms with E-state index in [1.165, 1.54) is 0 Å². The van der Waals surface area contributed by atoms with Gasteiger partial charge in [-0.05, 0) is 60.5 Å². The molecule has 1 heterocycles. The van der Waals surface area contributed by atoms with Gasteiger partial charge in [-0.25, -0.2) is 9.78 Å². The van der Waals surface area contributed by atoms with Gasteiger partial charge in [0.2, 0.25) is 0 Å². The molecule has 7 heteroatoms. The molecule has 3 aromatic rings. The number of pyridine rings is 1. The van der Waals surface area contributed by atoms with Crippen molar-refractivity contribution in [3.8, 4) is 11.5 Å². The van der Waals surface area contributed by atoms with Crippen molar-refractivity contribution in [1.82, 2.24) is 4.98 Å². The zero-order valence-electron chi connectivity index (χ0n) is 17.8. The van der Waals surface area contributed by atoms with E-state index in [0.29, 0.717) is 17.0 Å². The van der Waals surface area contributed by atoms with Crippen molar-refractivity contribution in [2.45, 2.75) is 46.0 Å². The predicted octanol–water partition coefficient (Wildman–Crippen LogP) is 5.40. The summed E-state index contributed by atoms with van der Waals surface area (Å²) in [4.78, 5) is 16.1. The van der Waals surface area contributed by atoms with Crippen molar-refractivity contribution in [3.05, 3.63) is 64.3 Å². The van der Waals surface area contributed by atoms with E-state index in [4.69, 9.17) is 14.2 Å². The molecule has 0 aliphatic heterocycles. The molecule has 3 rings (SSSR count). The molecule has 0 amide bonds. The number of carboxylic acids is 1. The number of hydrogen-bond donors (Lipinski definition) is 1. The fraction of sp³-hybridized carbons (Fsp3) is 0.333. The second kappa shape index (κ2) is 10.6. The molecule has 164 valence electrons. The van der Waals surface area contributed by atoms with Crippen LogP contribution in [0.5, 0.6) is 11.5 Å². The van der Waals surface area contributed by atoms with E-state index in [1.54, 1.807) is 6.92 Å². The van der Waals surface area contributed by atoms with Crippen LogP contribution in [0.2, 0.25) is 0 Å². The molecule has 1 N–H and O–H groups in total. The van der Waals surface area contributed by atoms with Gasteiger partial charge in [0.25, 0.3) is 0 Å². The molecule has 0 saturated carbocycles. The Bertz CT molecular complexity index is 1050. The summed E-state index contributed by atoms with van der Waals surface area (Å²) in [5, 5.41) is 10.3. The number of para-hydroxylation sites is 2. The summed E-state index contributed by atoms with van der Waals surface area (Å²) < 4.78 is 18.3. The van der Waals surface area contributed by atoms with Gasteiger partial charge in [0.05, 0.1) is 17.2 Å². The third-order valence-electron chi connectivity index (χ3n) is 4.64. The summed E-state index contributed by atoms with van der Waals surface area (Å²) in [6.45, 7) is 6.26. The molecule has 0 aliphatic carbocycles. The Morgan fingerprint density at radius 1 is 1.13 bits per heavy atom. The van der Waals surface area contributed by atoms with Gasteiger partial charge >= 0.3 is 5.97 Å². The number of hydrogen-bond acceptors (Lipinski definition) is 5. The van der Waals surface area contributed by atoms with Crippen LogP contribution in [-0.4, -0.2) is 34.9 Å². The van der Waals surface area contributed by atoms with Gasteiger partial charge in [-0.15, -0.1) is 0 Å². The van der Waals surface area contributed by atoms with Gasteiger partial charge in [-0.3, -0.25) is 0 Å². The number of halogens is 1. The van der Waals surface area contributed by atoms with Crippen LogP contribution in [0.15, 0.2) is 53.1 Å². The lowest BCUT2D eigenvalue weighted by Gasteiger charge is -2.19. The van der Waals surface area contributed by atoms with Crippen LogP contribution in [0.1, 0.15) is 31.9 Å². The zero-order valence-corrected chi connectivity index (χ0v) is 19.4. The minimum Gasteiger partial charge on any atom is -0.490 e. The van der Waals surface area contributed by atoms with Gasteiger partial charge in [0, 0.05) is 18.4 Å². The molecule has 6 nitrogen and oxygen atoms in total. The lowest BCUT2D eigenvalue weighted by Crippen LogP contribution is -2.26. The number of aliphatic carboxylic acids is 1. The number of benzene rings is 2. The van der Waals surface area contributed by atoms with Gasteiger partial charge in [-0.1, -0.05) is 30.3 Å². The minimum atomic E-state index is -0.995. The lowest BCUT2D eigenvalue weighted by atomic mass is 10.1. The fourth-order valence-corrected chi connectivity index (χ4v) is 3.76. The number of rotatable bonds is 10. The number of ether oxygens (including phenoxy) is 3. The van der Waals surface area contributed by atoms with Gasteiger partial charge in [0.15, 0.2) is 6.10 Å². The van der Waals surface area contributed by atoms with Crippen molar-refractivity contribution < 1.29 is 24.1 Å². The molecule has 0 fully saturated rings. The molecular formula is C24H26BrNO5. The highest BCUT2D eigenvalue weighted by atomic mass is 79.9. The molecular weight excluding hydrogens is 462 g/mol. The third kappa shape index (κ3) is 5.74. The Kier molecular flexibility index (Phi) is 7.87. The summed E-state index contributed by atoms with van der Waals surface area (Å²) >= 11 is 3.56. The lowest BCUT2D eigenvalue weighted by molar-refractivity contribution is -0.149. The van der Waals surface area contributed by atoms with Crippen molar-refractivity contribution >= 4 is 32.8 Å². The van der Waals surface area contributed by atoms with Gasteiger partial charge in [0.1, 0.15) is 22.7 Å². The number of carbonyl (C=O) groups is 1. The first-order valence-corrected chi connectivity index (χ1v) is 11.0. The third-order valence-corrected chi connectivity index (χ3v) is 5.29. The molecule has 0 saturated heterocycles. The number of aromatic nitrogens is 1. The first-order chi connectivity index (χ1) is 14.9. The van der Waals surface area contributed by atoms with Crippen LogP contribution in [0.4, 0.5) is 0 Å². The average molecular weight is 488 g/mol. The molecule has 0 radical (unpaired) electrons. The quantitative estimate of drug-likeness (QED) is 0.386. The second-order valence-electron chi connectivity index (χ2n) is 7.28. The van der Waals surface area contributed by atoms with Crippen LogP contribution >= 0.6 is 15.9 Å². The Labute approximate surface area is 190 Å². The maximum atomic E-state index is 11.5. The van der Waals surface area contributed by atoms with Crippen molar-refractivity contribution in [3.63, 3.8) is 0 Å². The van der Waals surface area contributed by atoms with E-state index in [-0.39, 0.29) is 19.1 Å². The van der Waals surface area contributed by atoms with Gasteiger partial charge in [-0.2, -0.15) is 0 Å². The maximum Gasteiger partial charge on any atom is 0.333 e. The van der Waals surface area contributed by atoms with E-state index in [0.717, 1.165) is 27.8 Å². The van der Waals surface area contributed by atoms with Crippen molar-refractivity contribution in [2.75, 3.05) is 6.61 Å². The molecule has 1 aromatic heterocycles. The second-order valence-corrected chi connectivity index (χ2v) is 8.03.